The van der Waals surface area contributed by atoms with E-state index in [1.54, 1.807) is 0 Å². The van der Waals surface area contributed by atoms with Crippen molar-refractivity contribution in [3.8, 4) is 0 Å². The smallest absolute Gasteiger partial charge is 0.203 e. The molecule has 2 atom stereocenters. The van der Waals surface area contributed by atoms with Crippen LogP contribution in [0.25, 0.3) is 0 Å². The van der Waals surface area contributed by atoms with Gasteiger partial charge in [0.2, 0.25) is 5.95 Å². The standard InChI is InChI=1S/C16H27N3/c1-12-4-3-5-14(10-12)8-9-19-11-13(2)17-16(19)18-15-6-7-15/h11-12,14-15H,3-10H2,1-2H3,(H,17,18). The van der Waals surface area contributed by atoms with E-state index in [-0.39, 0.29) is 0 Å². The van der Waals surface area contributed by atoms with Gasteiger partial charge in [0, 0.05) is 18.8 Å². The highest BCUT2D eigenvalue weighted by molar-refractivity contribution is 5.32. The van der Waals surface area contributed by atoms with Crippen LogP contribution in [0.15, 0.2) is 6.20 Å². The lowest BCUT2D eigenvalue weighted by Crippen LogP contribution is -2.16. The van der Waals surface area contributed by atoms with Crippen molar-refractivity contribution >= 4 is 5.95 Å². The Bertz CT molecular complexity index is 420. The highest BCUT2D eigenvalue weighted by Crippen LogP contribution is 2.31. The molecule has 0 radical (unpaired) electrons. The molecule has 1 aromatic rings. The van der Waals surface area contributed by atoms with E-state index in [9.17, 15) is 0 Å². The van der Waals surface area contributed by atoms with E-state index >= 15 is 0 Å². The minimum atomic E-state index is 0.690. The summed E-state index contributed by atoms with van der Waals surface area (Å²) in [5.41, 5.74) is 1.14. The van der Waals surface area contributed by atoms with E-state index in [1.165, 1.54) is 44.9 Å². The SMILES string of the molecule is Cc1cn(CCC2CCCC(C)C2)c(NC2CC2)n1. The Kier molecular flexibility index (Phi) is 3.81. The van der Waals surface area contributed by atoms with E-state index in [4.69, 9.17) is 0 Å². The molecule has 2 unspecified atom stereocenters. The van der Waals surface area contributed by atoms with Crippen LogP contribution in [-0.2, 0) is 6.54 Å². The Hall–Kier alpha value is -0.990. The molecule has 2 saturated carbocycles. The summed E-state index contributed by atoms with van der Waals surface area (Å²) in [5.74, 6) is 2.97. The van der Waals surface area contributed by atoms with Crippen molar-refractivity contribution in [3.05, 3.63) is 11.9 Å². The van der Waals surface area contributed by atoms with E-state index < -0.39 is 0 Å². The lowest BCUT2D eigenvalue weighted by atomic mass is 9.81. The Balaban J connectivity index is 1.56. The quantitative estimate of drug-likeness (QED) is 0.868. The number of nitrogens with zero attached hydrogens (tertiary/aromatic N) is 2. The first-order chi connectivity index (χ1) is 9.20. The first kappa shape index (κ1) is 13.0. The molecule has 3 nitrogen and oxygen atoms in total. The van der Waals surface area contributed by atoms with E-state index in [1.807, 2.05) is 0 Å². The van der Waals surface area contributed by atoms with E-state index in [0.29, 0.717) is 6.04 Å². The van der Waals surface area contributed by atoms with Crippen molar-refractivity contribution in [1.29, 1.82) is 0 Å². The molecule has 0 spiro atoms. The number of anilines is 1. The summed E-state index contributed by atoms with van der Waals surface area (Å²) in [4.78, 5) is 4.62. The summed E-state index contributed by atoms with van der Waals surface area (Å²) in [6, 6.07) is 0.690. The summed E-state index contributed by atoms with van der Waals surface area (Å²) >= 11 is 0. The second-order valence-electron chi connectivity index (χ2n) is 6.74. The molecule has 1 aromatic heterocycles. The predicted molar refractivity (Wildman–Crippen MR) is 79.3 cm³/mol. The fourth-order valence-electron chi connectivity index (χ4n) is 3.39. The number of hydrogen-bond donors (Lipinski definition) is 1. The van der Waals surface area contributed by atoms with Gasteiger partial charge in [-0.1, -0.05) is 26.2 Å². The fourth-order valence-corrected chi connectivity index (χ4v) is 3.39. The van der Waals surface area contributed by atoms with Crippen LogP contribution >= 0.6 is 0 Å². The number of rotatable bonds is 5. The highest BCUT2D eigenvalue weighted by atomic mass is 15.2. The molecule has 2 fully saturated rings. The Morgan fingerprint density at radius 3 is 2.89 bits per heavy atom. The molecule has 0 aromatic carbocycles. The second kappa shape index (κ2) is 5.56. The molecule has 0 amide bonds. The van der Waals surface area contributed by atoms with Gasteiger partial charge in [-0.2, -0.15) is 0 Å². The summed E-state index contributed by atoms with van der Waals surface area (Å²) in [6.07, 6.45) is 11.9. The van der Waals surface area contributed by atoms with Crippen molar-refractivity contribution in [2.45, 2.75) is 71.4 Å². The minimum absolute atomic E-state index is 0.690. The molecule has 2 aliphatic carbocycles. The Morgan fingerprint density at radius 1 is 1.32 bits per heavy atom. The molecule has 1 N–H and O–H groups in total. The van der Waals surface area contributed by atoms with Crippen LogP contribution in [0.2, 0.25) is 0 Å². The third kappa shape index (κ3) is 3.52. The third-order valence-corrected chi connectivity index (χ3v) is 4.63. The molecule has 0 saturated heterocycles. The Labute approximate surface area is 116 Å². The van der Waals surface area contributed by atoms with Crippen molar-refractivity contribution in [1.82, 2.24) is 9.55 Å². The number of nitrogens with one attached hydrogen (secondary N) is 1. The molecule has 106 valence electrons. The number of aromatic nitrogens is 2. The van der Waals surface area contributed by atoms with Crippen molar-refractivity contribution in [3.63, 3.8) is 0 Å². The lowest BCUT2D eigenvalue weighted by Gasteiger charge is -2.26. The van der Waals surface area contributed by atoms with E-state index in [0.717, 1.165) is 30.0 Å². The number of hydrogen-bond acceptors (Lipinski definition) is 2. The van der Waals surface area contributed by atoms with Gasteiger partial charge in [-0.3, -0.25) is 0 Å². The summed E-state index contributed by atoms with van der Waals surface area (Å²) < 4.78 is 2.34. The molecule has 0 bridgehead atoms. The van der Waals surface area contributed by atoms with Crippen LogP contribution in [0.4, 0.5) is 5.95 Å². The van der Waals surface area contributed by atoms with Crippen molar-refractivity contribution in [2.75, 3.05) is 5.32 Å². The van der Waals surface area contributed by atoms with Crippen molar-refractivity contribution in [2.24, 2.45) is 11.8 Å². The third-order valence-electron chi connectivity index (χ3n) is 4.63. The molecule has 3 rings (SSSR count). The van der Waals surface area contributed by atoms with Gasteiger partial charge < -0.3 is 9.88 Å². The van der Waals surface area contributed by atoms with Crippen molar-refractivity contribution < 1.29 is 0 Å². The van der Waals surface area contributed by atoms with Gasteiger partial charge in [0.1, 0.15) is 0 Å². The first-order valence-electron chi connectivity index (χ1n) is 8.01. The zero-order chi connectivity index (χ0) is 13.2. The summed E-state index contributed by atoms with van der Waals surface area (Å²) in [5, 5.41) is 3.55. The summed E-state index contributed by atoms with van der Waals surface area (Å²) in [6.45, 7) is 5.64. The van der Waals surface area contributed by atoms with Crippen LogP contribution < -0.4 is 5.32 Å². The molecule has 3 heteroatoms. The molecular formula is C16H27N3. The fraction of sp³-hybridized carbons (Fsp3) is 0.812. The highest BCUT2D eigenvalue weighted by Gasteiger charge is 2.23. The maximum absolute atomic E-state index is 4.62. The second-order valence-corrected chi connectivity index (χ2v) is 6.74. The van der Waals surface area contributed by atoms with Crippen LogP contribution in [0.3, 0.4) is 0 Å². The molecule has 2 aliphatic rings. The topological polar surface area (TPSA) is 29.9 Å². The van der Waals surface area contributed by atoms with Crippen LogP contribution in [0.1, 0.15) is 57.6 Å². The van der Waals surface area contributed by atoms with Gasteiger partial charge in [-0.25, -0.2) is 4.98 Å². The van der Waals surface area contributed by atoms with E-state index in [2.05, 4.69) is 34.9 Å². The molecule has 19 heavy (non-hydrogen) atoms. The first-order valence-corrected chi connectivity index (χ1v) is 8.01. The summed E-state index contributed by atoms with van der Waals surface area (Å²) in [7, 11) is 0. The predicted octanol–water partition coefficient (Wildman–Crippen LogP) is 3.98. The maximum atomic E-state index is 4.62. The van der Waals surface area contributed by atoms with Gasteiger partial charge in [0.15, 0.2) is 0 Å². The average Bonchev–Trinajstić information content (AvgIpc) is 3.11. The van der Waals surface area contributed by atoms with Gasteiger partial charge in [0.25, 0.3) is 0 Å². The largest absolute Gasteiger partial charge is 0.353 e. The van der Waals surface area contributed by atoms with Crippen LogP contribution in [0.5, 0.6) is 0 Å². The molecular weight excluding hydrogens is 234 g/mol. The van der Waals surface area contributed by atoms with Gasteiger partial charge in [-0.05, 0) is 44.4 Å². The van der Waals surface area contributed by atoms with Crippen LogP contribution in [-0.4, -0.2) is 15.6 Å². The normalized spacial score (nSPS) is 27.5. The maximum Gasteiger partial charge on any atom is 0.203 e. The Morgan fingerprint density at radius 2 is 2.16 bits per heavy atom. The zero-order valence-corrected chi connectivity index (χ0v) is 12.4. The molecule has 0 aliphatic heterocycles. The number of aryl methyl sites for hydroxylation is 2. The number of imidazole rings is 1. The van der Waals surface area contributed by atoms with Gasteiger partial charge in [0.05, 0.1) is 5.69 Å². The molecule has 1 heterocycles. The minimum Gasteiger partial charge on any atom is -0.353 e. The van der Waals surface area contributed by atoms with Gasteiger partial charge >= 0.3 is 0 Å². The van der Waals surface area contributed by atoms with Gasteiger partial charge in [-0.15, -0.1) is 0 Å². The zero-order valence-electron chi connectivity index (χ0n) is 12.4. The lowest BCUT2D eigenvalue weighted by molar-refractivity contribution is 0.261. The average molecular weight is 261 g/mol. The monoisotopic (exact) mass is 261 g/mol. The van der Waals surface area contributed by atoms with Crippen LogP contribution in [0, 0.1) is 18.8 Å².